The lowest BCUT2D eigenvalue weighted by molar-refractivity contribution is -0.125. The van der Waals surface area contributed by atoms with E-state index in [2.05, 4.69) is 16.7 Å². The fraction of sp³-hybridized carbons (Fsp3) is 0.500. The summed E-state index contributed by atoms with van der Waals surface area (Å²) in [6.45, 7) is 0.935. The molecule has 1 aromatic carbocycles. The van der Waals surface area contributed by atoms with Gasteiger partial charge in [0.2, 0.25) is 5.91 Å². The van der Waals surface area contributed by atoms with Gasteiger partial charge in [0, 0.05) is 13.1 Å². The Balaban J connectivity index is 1.40. The number of nitrogens with zero attached hydrogens (tertiary/aromatic N) is 1. The number of ether oxygens (including phenoxy) is 1. The smallest absolute Gasteiger partial charge is 0.324 e. The molecule has 3 amide bonds. The van der Waals surface area contributed by atoms with E-state index in [1.165, 1.54) is 5.56 Å². The average molecular weight is 319 g/mol. The van der Waals surface area contributed by atoms with Gasteiger partial charge in [0.15, 0.2) is 0 Å². The molecule has 2 aliphatic rings. The van der Waals surface area contributed by atoms with E-state index in [0.29, 0.717) is 13.1 Å². The lowest BCUT2D eigenvalue weighted by Gasteiger charge is -2.27. The summed E-state index contributed by atoms with van der Waals surface area (Å²) in [6, 6.07) is 7.55. The highest BCUT2D eigenvalue weighted by Crippen LogP contribution is 2.26. The van der Waals surface area contributed by atoms with Crippen LogP contribution in [0.15, 0.2) is 24.3 Å². The molecule has 3 N–H and O–H groups in total. The van der Waals surface area contributed by atoms with Crippen molar-refractivity contribution in [1.29, 1.82) is 0 Å². The number of amides is 3. The summed E-state index contributed by atoms with van der Waals surface area (Å²) in [6.07, 6.45) is 1.17. The zero-order valence-electron chi connectivity index (χ0n) is 12.8. The number of hydrogen-bond donors (Lipinski definition) is 3. The van der Waals surface area contributed by atoms with Crippen LogP contribution in [0.3, 0.4) is 0 Å². The maximum Gasteiger partial charge on any atom is 0.324 e. The van der Waals surface area contributed by atoms with Gasteiger partial charge < -0.3 is 20.5 Å². The molecule has 0 spiro atoms. The molecule has 7 nitrogen and oxygen atoms in total. The summed E-state index contributed by atoms with van der Waals surface area (Å²) < 4.78 is 5.91. The molecule has 23 heavy (non-hydrogen) atoms. The first-order valence-electron chi connectivity index (χ1n) is 7.85. The van der Waals surface area contributed by atoms with Crippen LogP contribution in [0.4, 0.5) is 4.79 Å². The Labute approximate surface area is 134 Å². The second-order valence-electron chi connectivity index (χ2n) is 5.86. The van der Waals surface area contributed by atoms with E-state index in [-0.39, 0.29) is 25.1 Å². The predicted octanol–water partition coefficient (Wildman–Crippen LogP) is -0.117. The van der Waals surface area contributed by atoms with E-state index in [4.69, 9.17) is 4.74 Å². The van der Waals surface area contributed by atoms with E-state index in [0.717, 1.165) is 23.5 Å². The van der Waals surface area contributed by atoms with Crippen molar-refractivity contribution in [1.82, 2.24) is 15.5 Å². The fourth-order valence-electron chi connectivity index (χ4n) is 2.85. The van der Waals surface area contributed by atoms with Crippen LogP contribution >= 0.6 is 0 Å². The van der Waals surface area contributed by atoms with Crippen molar-refractivity contribution in [3.8, 4) is 5.75 Å². The summed E-state index contributed by atoms with van der Waals surface area (Å²) in [5, 5.41) is 15.5. The van der Waals surface area contributed by atoms with Crippen LogP contribution in [0.1, 0.15) is 12.0 Å². The standard InChI is InChI=1S/C16H21N3O4/c20-12(10-19-15(21)9-18-16(19)22)7-17-8-13-6-5-11-3-1-2-4-14(11)23-13/h1-4,12-13,17,20H,5-10H2,(H,18,22). The number of para-hydroxylation sites is 1. The number of nitrogens with one attached hydrogen (secondary N) is 2. The molecule has 0 saturated carbocycles. The number of imide groups is 1. The van der Waals surface area contributed by atoms with Gasteiger partial charge in [0.05, 0.1) is 19.2 Å². The molecule has 1 fully saturated rings. The maximum absolute atomic E-state index is 11.4. The molecule has 2 atom stereocenters. The Morgan fingerprint density at radius 3 is 3.00 bits per heavy atom. The van der Waals surface area contributed by atoms with Gasteiger partial charge in [-0.3, -0.25) is 9.69 Å². The van der Waals surface area contributed by atoms with E-state index < -0.39 is 12.1 Å². The number of hydrogen-bond acceptors (Lipinski definition) is 5. The number of urea groups is 1. The Hall–Kier alpha value is -2.12. The molecule has 0 aliphatic carbocycles. The molecule has 0 radical (unpaired) electrons. The van der Waals surface area contributed by atoms with Gasteiger partial charge in [-0.05, 0) is 24.5 Å². The van der Waals surface area contributed by atoms with Crippen molar-refractivity contribution >= 4 is 11.9 Å². The number of aliphatic hydroxyl groups is 1. The van der Waals surface area contributed by atoms with Gasteiger partial charge in [-0.1, -0.05) is 18.2 Å². The molecule has 1 saturated heterocycles. The Morgan fingerprint density at radius 2 is 2.22 bits per heavy atom. The largest absolute Gasteiger partial charge is 0.489 e. The number of rotatable bonds is 6. The highest BCUT2D eigenvalue weighted by Gasteiger charge is 2.30. The molecule has 3 rings (SSSR count). The molecule has 124 valence electrons. The number of aryl methyl sites for hydroxylation is 1. The molecular formula is C16H21N3O4. The average Bonchev–Trinajstić information content (AvgIpc) is 2.87. The number of β-amino-alcohol motifs (C(OH)–C–C–N with tert-alkyl or cyclic N) is 1. The van der Waals surface area contributed by atoms with E-state index in [1.807, 2.05) is 18.2 Å². The van der Waals surface area contributed by atoms with Crippen LogP contribution < -0.4 is 15.4 Å². The lowest BCUT2D eigenvalue weighted by Crippen LogP contribution is -2.43. The van der Waals surface area contributed by atoms with Crippen LogP contribution in [0, 0.1) is 0 Å². The van der Waals surface area contributed by atoms with Gasteiger partial charge in [-0.2, -0.15) is 0 Å². The first kappa shape index (κ1) is 15.8. The predicted molar refractivity (Wildman–Crippen MR) is 83.2 cm³/mol. The first-order chi connectivity index (χ1) is 11.1. The summed E-state index contributed by atoms with van der Waals surface area (Å²) in [4.78, 5) is 23.9. The van der Waals surface area contributed by atoms with Crippen LogP contribution in [0.25, 0.3) is 0 Å². The van der Waals surface area contributed by atoms with Gasteiger partial charge in [-0.25, -0.2) is 4.79 Å². The van der Waals surface area contributed by atoms with Crippen LogP contribution in [0.2, 0.25) is 0 Å². The SMILES string of the molecule is O=C1CNC(=O)N1CC(O)CNCC1CCc2ccccc2O1. The van der Waals surface area contributed by atoms with E-state index >= 15 is 0 Å². The topological polar surface area (TPSA) is 90.9 Å². The lowest BCUT2D eigenvalue weighted by atomic mass is 10.0. The van der Waals surface area contributed by atoms with Crippen molar-refractivity contribution in [3.05, 3.63) is 29.8 Å². The monoisotopic (exact) mass is 319 g/mol. The molecule has 1 aromatic rings. The van der Waals surface area contributed by atoms with Crippen molar-refractivity contribution in [2.75, 3.05) is 26.2 Å². The number of fused-ring (bicyclic) bond motifs is 1. The summed E-state index contributed by atoms with van der Waals surface area (Å²) in [7, 11) is 0. The van der Waals surface area contributed by atoms with Crippen LogP contribution in [0.5, 0.6) is 5.75 Å². The van der Waals surface area contributed by atoms with Gasteiger partial charge in [0.1, 0.15) is 11.9 Å². The summed E-state index contributed by atoms with van der Waals surface area (Å²) in [5.41, 5.74) is 1.22. The summed E-state index contributed by atoms with van der Waals surface area (Å²) in [5.74, 6) is 0.617. The zero-order chi connectivity index (χ0) is 16.2. The maximum atomic E-state index is 11.4. The Bertz CT molecular complexity index is 576. The minimum Gasteiger partial charge on any atom is -0.489 e. The fourth-order valence-corrected chi connectivity index (χ4v) is 2.85. The number of carbonyl (C=O) groups excluding carboxylic acids is 2. The highest BCUT2D eigenvalue weighted by molar-refractivity contribution is 6.01. The molecule has 2 unspecified atom stereocenters. The quantitative estimate of drug-likeness (QED) is 0.636. The van der Waals surface area contributed by atoms with Crippen LogP contribution in [-0.2, 0) is 11.2 Å². The van der Waals surface area contributed by atoms with Crippen molar-refractivity contribution in [2.24, 2.45) is 0 Å². The van der Waals surface area contributed by atoms with Gasteiger partial charge >= 0.3 is 6.03 Å². The molecule has 2 heterocycles. The minimum atomic E-state index is -0.793. The third kappa shape index (κ3) is 3.80. The number of carbonyl (C=O) groups is 2. The van der Waals surface area contributed by atoms with Crippen molar-refractivity contribution in [3.63, 3.8) is 0 Å². The Kier molecular flexibility index (Phi) is 4.78. The second kappa shape index (κ2) is 6.97. The van der Waals surface area contributed by atoms with Crippen molar-refractivity contribution < 1.29 is 19.4 Å². The highest BCUT2D eigenvalue weighted by atomic mass is 16.5. The van der Waals surface area contributed by atoms with Crippen molar-refractivity contribution in [2.45, 2.75) is 25.0 Å². The molecule has 0 aromatic heterocycles. The van der Waals surface area contributed by atoms with E-state index in [1.54, 1.807) is 0 Å². The second-order valence-corrected chi connectivity index (χ2v) is 5.86. The normalized spacial score (nSPS) is 21.6. The molecular weight excluding hydrogens is 298 g/mol. The third-order valence-electron chi connectivity index (χ3n) is 4.08. The molecule has 0 bridgehead atoms. The van der Waals surface area contributed by atoms with E-state index in [9.17, 15) is 14.7 Å². The van der Waals surface area contributed by atoms with Gasteiger partial charge in [0.25, 0.3) is 0 Å². The summed E-state index contributed by atoms with van der Waals surface area (Å²) >= 11 is 0. The minimum absolute atomic E-state index is 0.00598. The number of aliphatic hydroxyl groups excluding tert-OH is 1. The van der Waals surface area contributed by atoms with Crippen LogP contribution in [-0.4, -0.2) is 60.3 Å². The first-order valence-corrected chi connectivity index (χ1v) is 7.85. The third-order valence-corrected chi connectivity index (χ3v) is 4.08. The molecule has 7 heteroatoms. The zero-order valence-corrected chi connectivity index (χ0v) is 12.8. The molecule has 2 aliphatic heterocycles. The van der Waals surface area contributed by atoms with Gasteiger partial charge in [-0.15, -0.1) is 0 Å². The Morgan fingerprint density at radius 1 is 1.39 bits per heavy atom. The number of benzene rings is 1.